The molecule has 0 aliphatic carbocycles. The zero-order valence-electron chi connectivity index (χ0n) is 10.2. The van der Waals surface area contributed by atoms with Gasteiger partial charge in [0.2, 0.25) is 10.0 Å². The lowest BCUT2D eigenvalue weighted by molar-refractivity contribution is 0.576. The fraction of sp³-hybridized carbons (Fsp3) is 0.778. The van der Waals surface area contributed by atoms with Crippen molar-refractivity contribution in [1.82, 2.24) is 24.8 Å². The van der Waals surface area contributed by atoms with Crippen LogP contribution in [-0.2, 0) is 23.5 Å². The van der Waals surface area contributed by atoms with Crippen LogP contribution in [0.25, 0.3) is 0 Å². The highest BCUT2D eigenvalue weighted by Gasteiger charge is 2.09. The van der Waals surface area contributed by atoms with Crippen molar-refractivity contribution in [2.75, 3.05) is 25.9 Å². The van der Waals surface area contributed by atoms with Gasteiger partial charge in [0.05, 0.1) is 5.75 Å². The van der Waals surface area contributed by atoms with Gasteiger partial charge in [-0.1, -0.05) is 0 Å². The van der Waals surface area contributed by atoms with Gasteiger partial charge in [0.1, 0.15) is 6.33 Å². The highest BCUT2D eigenvalue weighted by Crippen LogP contribution is 1.92. The lowest BCUT2D eigenvalue weighted by atomic mass is 10.4. The second-order valence-electron chi connectivity index (χ2n) is 3.75. The van der Waals surface area contributed by atoms with Crippen molar-refractivity contribution in [2.24, 2.45) is 7.05 Å². The highest BCUT2D eigenvalue weighted by atomic mass is 32.2. The van der Waals surface area contributed by atoms with E-state index in [2.05, 4.69) is 20.1 Å². The van der Waals surface area contributed by atoms with Gasteiger partial charge in [-0.15, -0.1) is 0 Å². The molecule has 0 spiro atoms. The second-order valence-corrected chi connectivity index (χ2v) is 5.68. The van der Waals surface area contributed by atoms with Gasteiger partial charge in [-0.3, -0.25) is 4.68 Å². The first-order chi connectivity index (χ1) is 8.03. The van der Waals surface area contributed by atoms with Gasteiger partial charge in [-0.25, -0.2) is 18.1 Å². The van der Waals surface area contributed by atoms with Gasteiger partial charge in [0.25, 0.3) is 0 Å². The molecule has 0 radical (unpaired) electrons. The predicted octanol–water partition coefficient (Wildman–Crippen LogP) is -1.11. The summed E-state index contributed by atoms with van der Waals surface area (Å²) in [6, 6.07) is 0. The summed E-state index contributed by atoms with van der Waals surface area (Å²) in [6.45, 7) is 1.04. The van der Waals surface area contributed by atoms with Gasteiger partial charge in [0, 0.05) is 20.0 Å². The molecule has 0 saturated heterocycles. The molecule has 17 heavy (non-hydrogen) atoms. The van der Waals surface area contributed by atoms with Crippen LogP contribution in [0.2, 0.25) is 0 Å². The summed E-state index contributed by atoms with van der Waals surface area (Å²) in [5, 5.41) is 6.98. The minimum Gasteiger partial charge on any atom is -0.320 e. The SMILES string of the molecule is CNCCCS(=O)(=O)NCCc1ncn(C)n1. The summed E-state index contributed by atoms with van der Waals surface area (Å²) < 4.78 is 27.2. The Hall–Kier alpha value is -0.990. The Labute approximate surface area is 102 Å². The number of nitrogens with one attached hydrogen (secondary N) is 2. The van der Waals surface area contributed by atoms with Crippen LogP contribution in [0.1, 0.15) is 12.2 Å². The average molecular weight is 261 g/mol. The summed E-state index contributed by atoms with van der Waals surface area (Å²) >= 11 is 0. The van der Waals surface area contributed by atoms with Crippen molar-refractivity contribution in [2.45, 2.75) is 12.8 Å². The molecule has 0 amide bonds. The summed E-state index contributed by atoms with van der Waals surface area (Å²) in [5.41, 5.74) is 0. The van der Waals surface area contributed by atoms with Gasteiger partial charge in [0.15, 0.2) is 5.82 Å². The molecule has 0 aliphatic heterocycles. The molecule has 0 unspecified atom stereocenters. The van der Waals surface area contributed by atoms with Crippen LogP contribution in [0.4, 0.5) is 0 Å². The Bertz CT molecular complexity index is 428. The van der Waals surface area contributed by atoms with Gasteiger partial charge in [-0.05, 0) is 20.0 Å². The molecule has 1 rings (SSSR count). The molecule has 1 heterocycles. The maximum Gasteiger partial charge on any atom is 0.211 e. The lowest BCUT2D eigenvalue weighted by Crippen LogP contribution is -2.29. The Balaban J connectivity index is 2.25. The third-order valence-corrected chi connectivity index (χ3v) is 3.63. The maximum absolute atomic E-state index is 11.5. The fourth-order valence-electron chi connectivity index (χ4n) is 1.33. The van der Waals surface area contributed by atoms with Crippen molar-refractivity contribution >= 4 is 10.0 Å². The van der Waals surface area contributed by atoms with Gasteiger partial charge < -0.3 is 5.32 Å². The molecule has 0 aliphatic rings. The minimum atomic E-state index is -3.17. The van der Waals surface area contributed by atoms with Crippen LogP contribution in [0.15, 0.2) is 6.33 Å². The molecule has 0 bridgehead atoms. The van der Waals surface area contributed by atoms with E-state index in [1.807, 2.05) is 0 Å². The number of hydrogen-bond acceptors (Lipinski definition) is 5. The Morgan fingerprint density at radius 2 is 2.18 bits per heavy atom. The Kier molecular flexibility index (Phi) is 5.52. The van der Waals surface area contributed by atoms with Crippen molar-refractivity contribution < 1.29 is 8.42 Å². The highest BCUT2D eigenvalue weighted by molar-refractivity contribution is 7.89. The zero-order valence-corrected chi connectivity index (χ0v) is 11.0. The van der Waals surface area contributed by atoms with Crippen molar-refractivity contribution in [3.63, 3.8) is 0 Å². The molecule has 2 N–H and O–H groups in total. The third kappa shape index (κ3) is 5.76. The van der Waals surface area contributed by atoms with Crippen LogP contribution >= 0.6 is 0 Å². The number of aryl methyl sites for hydroxylation is 1. The molecule has 1 aromatic rings. The van der Waals surface area contributed by atoms with Crippen LogP contribution in [0, 0.1) is 0 Å². The maximum atomic E-state index is 11.5. The first-order valence-corrected chi connectivity index (χ1v) is 7.15. The monoisotopic (exact) mass is 261 g/mol. The summed E-state index contributed by atoms with van der Waals surface area (Å²) in [7, 11) is 0.405. The standard InChI is InChI=1S/C9H19N5O2S/c1-10-5-3-7-17(15,16)12-6-4-9-11-8-14(2)13-9/h8,10,12H,3-7H2,1-2H3. The predicted molar refractivity (Wildman–Crippen MR) is 65.0 cm³/mol. The number of nitrogens with zero attached hydrogens (tertiary/aromatic N) is 3. The van der Waals surface area contributed by atoms with E-state index in [-0.39, 0.29) is 5.75 Å². The number of aromatic nitrogens is 3. The molecule has 0 saturated carbocycles. The zero-order chi connectivity index (χ0) is 12.7. The molecule has 98 valence electrons. The van der Waals surface area contributed by atoms with Gasteiger partial charge in [-0.2, -0.15) is 5.10 Å². The molecule has 7 nitrogen and oxygen atoms in total. The van der Waals surface area contributed by atoms with E-state index in [4.69, 9.17) is 0 Å². The topological polar surface area (TPSA) is 88.9 Å². The van der Waals surface area contributed by atoms with E-state index < -0.39 is 10.0 Å². The Morgan fingerprint density at radius 1 is 1.41 bits per heavy atom. The van der Waals surface area contributed by atoms with E-state index in [1.54, 1.807) is 25.1 Å². The smallest absolute Gasteiger partial charge is 0.211 e. The van der Waals surface area contributed by atoms with Crippen LogP contribution in [-0.4, -0.2) is 49.1 Å². The molecular formula is C9H19N5O2S. The molecule has 1 aromatic heterocycles. The van der Waals surface area contributed by atoms with Crippen LogP contribution < -0.4 is 10.0 Å². The number of rotatable bonds is 8. The van der Waals surface area contributed by atoms with Crippen molar-refractivity contribution in [3.8, 4) is 0 Å². The molecule has 0 fully saturated rings. The van der Waals surface area contributed by atoms with E-state index >= 15 is 0 Å². The first-order valence-electron chi connectivity index (χ1n) is 5.50. The lowest BCUT2D eigenvalue weighted by Gasteiger charge is -2.05. The van der Waals surface area contributed by atoms with Crippen LogP contribution in [0.5, 0.6) is 0 Å². The minimum absolute atomic E-state index is 0.142. The largest absolute Gasteiger partial charge is 0.320 e. The molecule has 0 atom stereocenters. The van der Waals surface area contributed by atoms with E-state index in [0.717, 1.165) is 0 Å². The van der Waals surface area contributed by atoms with E-state index in [1.165, 1.54) is 0 Å². The third-order valence-electron chi connectivity index (χ3n) is 2.16. The fourth-order valence-corrected chi connectivity index (χ4v) is 2.41. The summed E-state index contributed by atoms with van der Waals surface area (Å²) in [6.07, 6.45) is 2.70. The van der Waals surface area contributed by atoms with Crippen molar-refractivity contribution in [1.29, 1.82) is 0 Å². The molecule has 8 heteroatoms. The normalized spacial score (nSPS) is 11.9. The van der Waals surface area contributed by atoms with E-state index in [9.17, 15) is 8.42 Å². The number of hydrogen-bond donors (Lipinski definition) is 2. The molecule has 0 aromatic carbocycles. The number of sulfonamides is 1. The Morgan fingerprint density at radius 3 is 2.76 bits per heavy atom. The van der Waals surface area contributed by atoms with Crippen molar-refractivity contribution in [3.05, 3.63) is 12.2 Å². The summed E-state index contributed by atoms with van der Waals surface area (Å²) in [4.78, 5) is 4.02. The van der Waals surface area contributed by atoms with E-state index in [0.29, 0.717) is 31.8 Å². The quantitative estimate of drug-likeness (QED) is 0.579. The second kappa shape index (κ2) is 6.67. The molecular weight excluding hydrogens is 242 g/mol. The first kappa shape index (κ1) is 14.1. The average Bonchev–Trinajstić information content (AvgIpc) is 2.64. The van der Waals surface area contributed by atoms with Crippen LogP contribution in [0.3, 0.4) is 0 Å². The van der Waals surface area contributed by atoms with Gasteiger partial charge >= 0.3 is 0 Å². The summed E-state index contributed by atoms with van der Waals surface area (Å²) in [5.74, 6) is 0.786.